The topological polar surface area (TPSA) is 87.3 Å². The zero-order valence-corrected chi connectivity index (χ0v) is 12.5. The zero-order chi connectivity index (χ0) is 17.1. The van der Waals surface area contributed by atoms with E-state index in [9.17, 15) is 18.8 Å². The summed E-state index contributed by atoms with van der Waals surface area (Å²) in [7, 11) is 0. The van der Waals surface area contributed by atoms with Crippen LogP contribution < -0.4 is 16.0 Å². The molecule has 0 aromatic heterocycles. The number of hydrogen-bond acceptors (Lipinski definition) is 3. The van der Waals surface area contributed by atoms with Crippen LogP contribution >= 0.6 is 0 Å². The van der Waals surface area contributed by atoms with Gasteiger partial charge in [0, 0.05) is 5.69 Å². The number of nitrogens with one attached hydrogen (secondary N) is 3. The van der Waals surface area contributed by atoms with Crippen molar-refractivity contribution in [2.24, 2.45) is 0 Å². The van der Waals surface area contributed by atoms with E-state index in [0.717, 1.165) is 0 Å². The van der Waals surface area contributed by atoms with Gasteiger partial charge in [-0.1, -0.05) is 12.1 Å². The van der Waals surface area contributed by atoms with E-state index in [1.54, 1.807) is 24.3 Å². The van der Waals surface area contributed by atoms with Crippen molar-refractivity contribution in [3.8, 4) is 0 Å². The number of benzene rings is 2. The van der Waals surface area contributed by atoms with E-state index in [2.05, 4.69) is 16.0 Å². The summed E-state index contributed by atoms with van der Waals surface area (Å²) in [6.07, 6.45) is -0.233. The Morgan fingerprint density at radius 1 is 1.08 bits per heavy atom. The maximum Gasteiger partial charge on any atom is 0.254 e. The molecule has 122 valence electrons. The standard InChI is InChI=1S/C17H14FN3O3/c18-10-5-7-11(8-6-10)19-15(22)9-14-17(24)20-13-4-2-1-3-12(13)16(23)21-14/h1-8,14H,9H2,(H,19,22)(H,20,24)(H,21,23). The molecule has 2 aromatic rings. The highest BCUT2D eigenvalue weighted by atomic mass is 19.1. The summed E-state index contributed by atoms with van der Waals surface area (Å²) in [5, 5.41) is 7.72. The van der Waals surface area contributed by atoms with Gasteiger partial charge in [0.25, 0.3) is 5.91 Å². The van der Waals surface area contributed by atoms with E-state index >= 15 is 0 Å². The van der Waals surface area contributed by atoms with E-state index in [1.807, 2.05) is 0 Å². The van der Waals surface area contributed by atoms with Gasteiger partial charge < -0.3 is 16.0 Å². The molecule has 24 heavy (non-hydrogen) atoms. The average molecular weight is 327 g/mol. The molecule has 1 atom stereocenters. The number of para-hydroxylation sites is 1. The van der Waals surface area contributed by atoms with Gasteiger partial charge >= 0.3 is 0 Å². The van der Waals surface area contributed by atoms with Gasteiger partial charge in [0.05, 0.1) is 17.7 Å². The van der Waals surface area contributed by atoms with E-state index in [-0.39, 0.29) is 6.42 Å². The number of anilines is 2. The van der Waals surface area contributed by atoms with Crippen LogP contribution in [0, 0.1) is 5.82 Å². The molecule has 7 heteroatoms. The van der Waals surface area contributed by atoms with E-state index in [0.29, 0.717) is 16.9 Å². The summed E-state index contributed by atoms with van der Waals surface area (Å²) in [5.41, 5.74) is 1.15. The van der Waals surface area contributed by atoms with Crippen molar-refractivity contribution in [3.63, 3.8) is 0 Å². The third kappa shape index (κ3) is 3.40. The Kier molecular flexibility index (Phi) is 4.24. The normalized spacial score (nSPS) is 16.5. The number of fused-ring (bicyclic) bond motifs is 1. The predicted octanol–water partition coefficient (Wildman–Crippen LogP) is 1.90. The molecule has 2 aromatic carbocycles. The number of rotatable bonds is 3. The first kappa shape index (κ1) is 15.7. The van der Waals surface area contributed by atoms with Crippen molar-refractivity contribution in [2.45, 2.75) is 12.5 Å². The fourth-order valence-corrected chi connectivity index (χ4v) is 2.39. The van der Waals surface area contributed by atoms with Crippen LogP contribution in [0.2, 0.25) is 0 Å². The molecule has 0 saturated heterocycles. The van der Waals surface area contributed by atoms with E-state index < -0.39 is 29.6 Å². The van der Waals surface area contributed by atoms with Crippen molar-refractivity contribution >= 4 is 29.1 Å². The average Bonchev–Trinajstić information content (AvgIpc) is 2.67. The molecule has 1 aliphatic heterocycles. The third-order valence-corrected chi connectivity index (χ3v) is 3.57. The lowest BCUT2D eigenvalue weighted by Crippen LogP contribution is -2.43. The minimum absolute atomic E-state index is 0.233. The minimum Gasteiger partial charge on any atom is -0.340 e. The molecule has 3 N–H and O–H groups in total. The van der Waals surface area contributed by atoms with Gasteiger partial charge in [-0.15, -0.1) is 0 Å². The molecular formula is C17H14FN3O3. The molecule has 0 radical (unpaired) electrons. The molecule has 6 nitrogen and oxygen atoms in total. The molecule has 3 amide bonds. The lowest BCUT2D eigenvalue weighted by atomic mass is 10.1. The smallest absolute Gasteiger partial charge is 0.254 e. The van der Waals surface area contributed by atoms with Crippen LogP contribution in [0.1, 0.15) is 16.8 Å². The lowest BCUT2D eigenvalue weighted by Gasteiger charge is -2.14. The molecule has 1 unspecified atom stereocenters. The van der Waals surface area contributed by atoms with Crippen molar-refractivity contribution in [3.05, 3.63) is 59.9 Å². The van der Waals surface area contributed by atoms with Crippen molar-refractivity contribution in [1.29, 1.82) is 0 Å². The Morgan fingerprint density at radius 3 is 2.54 bits per heavy atom. The van der Waals surface area contributed by atoms with Gasteiger partial charge in [-0.25, -0.2) is 4.39 Å². The summed E-state index contributed by atoms with van der Waals surface area (Å²) in [4.78, 5) is 36.4. The quantitative estimate of drug-likeness (QED) is 0.805. The molecule has 0 saturated carbocycles. The second kappa shape index (κ2) is 6.49. The van der Waals surface area contributed by atoms with Crippen LogP contribution in [0.3, 0.4) is 0 Å². The summed E-state index contributed by atoms with van der Waals surface area (Å²) in [6, 6.07) is 10.9. The second-order valence-electron chi connectivity index (χ2n) is 5.32. The van der Waals surface area contributed by atoms with Crippen LogP contribution in [0.25, 0.3) is 0 Å². The summed E-state index contributed by atoms with van der Waals surface area (Å²) >= 11 is 0. The predicted molar refractivity (Wildman–Crippen MR) is 86.0 cm³/mol. The molecular weight excluding hydrogens is 313 g/mol. The fourth-order valence-electron chi connectivity index (χ4n) is 2.39. The van der Waals surface area contributed by atoms with E-state index in [4.69, 9.17) is 0 Å². The van der Waals surface area contributed by atoms with Crippen LogP contribution in [-0.2, 0) is 9.59 Å². The first-order chi connectivity index (χ1) is 11.5. The summed E-state index contributed by atoms with van der Waals surface area (Å²) in [5.74, 6) is -1.78. The highest BCUT2D eigenvalue weighted by Gasteiger charge is 2.29. The highest BCUT2D eigenvalue weighted by Crippen LogP contribution is 2.19. The molecule has 0 fully saturated rings. The lowest BCUT2D eigenvalue weighted by molar-refractivity contribution is -0.122. The number of halogens is 1. The van der Waals surface area contributed by atoms with Crippen molar-refractivity contribution in [1.82, 2.24) is 5.32 Å². The Bertz CT molecular complexity index is 805. The Morgan fingerprint density at radius 2 is 1.79 bits per heavy atom. The Hall–Kier alpha value is -3.22. The second-order valence-corrected chi connectivity index (χ2v) is 5.32. The third-order valence-electron chi connectivity index (χ3n) is 3.57. The SMILES string of the molecule is O=C(CC1NC(=O)c2ccccc2NC1=O)Nc1ccc(F)cc1. The van der Waals surface area contributed by atoms with Crippen LogP contribution in [0.15, 0.2) is 48.5 Å². The number of hydrogen-bond donors (Lipinski definition) is 3. The van der Waals surface area contributed by atoms with Crippen LogP contribution in [0.4, 0.5) is 15.8 Å². The van der Waals surface area contributed by atoms with Crippen LogP contribution in [0.5, 0.6) is 0 Å². The first-order valence-corrected chi connectivity index (χ1v) is 7.29. The van der Waals surface area contributed by atoms with E-state index in [1.165, 1.54) is 24.3 Å². The molecule has 3 rings (SSSR count). The molecule has 0 spiro atoms. The number of carbonyl (C=O) groups is 3. The zero-order valence-electron chi connectivity index (χ0n) is 12.5. The summed E-state index contributed by atoms with van der Waals surface area (Å²) < 4.78 is 12.9. The van der Waals surface area contributed by atoms with Gasteiger partial charge in [0.2, 0.25) is 11.8 Å². The monoisotopic (exact) mass is 327 g/mol. The first-order valence-electron chi connectivity index (χ1n) is 7.29. The van der Waals surface area contributed by atoms with Crippen molar-refractivity contribution < 1.29 is 18.8 Å². The van der Waals surface area contributed by atoms with Gasteiger partial charge in [-0.2, -0.15) is 0 Å². The molecule has 1 heterocycles. The Labute approximate surface area is 137 Å². The van der Waals surface area contributed by atoms with Gasteiger partial charge in [0.15, 0.2) is 0 Å². The highest BCUT2D eigenvalue weighted by molar-refractivity contribution is 6.11. The molecule has 0 aliphatic carbocycles. The van der Waals surface area contributed by atoms with Gasteiger partial charge in [-0.3, -0.25) is 14.4 Å². The van der Waals surface area contributed by atoms with Crippen molar-refractivity contribution in [2.75, 3.05) is 10.6 Å². The summed E-state index contributed by atoms with van der Waals surface area (Å²) in [6.45, 7) is 0. The maximum absolute atomic E-state index is 12.9. The molecule has 0 bridgehead atoms. The largest absolute Gasteiger partial charge is 0.340 e. The maximum atomic E-state index is 12.9. The van der Waals surface area contributed by atoms with Gasteiger partial charge in [-0.05, 0) is 36.4 Å². The molecule has 1 aliphatic rings. The Balaban J connectivity index is 1.69. The van der Waals surface area contributed by atoms with Gasteiger partial charge in [0.1, 0.15) is 11.9 Å². The fraction of sp³-hybridized carbons (Fsp3) is 0.118. The number of carbonyl (C=O) groups excluding carboxylic acids is 3. The number of amides is 3. The van der Waals surface area contributed by atoms with Crippen LogP contribution in [-0.4, -0.2) is 23.8 Å². The minimum atomic E-state index is -0.995.